The monoisotopic (exact) mass is 260 g/mol. The lowest BCUT2D eigenvalue weighted by atomic mass is 10.1. The van der Waals surface area contributed by atoms with Crippen molar-refractivity contribution in [2.24, 2.45) is 0 Å². The third-order valence-electron chi connectivity index (χ3n) is 1.81. The highest BCUT2D eigenvalue weighted by Crippen LogP contribution is 2.33. The van der Waals surface area contributed by atoms with E-state index in [0.29, 0.717) is 4.49 Å². The minimum Gasteiger partial charge on any atom is -0.152 e. The largest absolute Gasteiger partial charge is 0.152 e. The van der Waals surface area contributed by atoms with Crippen LogP contribution in [0.25, 0.3) is 5.57 Å². The predicted molar refractivity (Wildman–Crippen MR) is 66.4 cm³/mol. The Hall–Kier alpha value is -0.280. The summed E-state index contributed by atoms with van der Waals surface area (Å²) in [6.07, 6.45) is 0. The standard InChI is InChI=1S/C10H6Cl2S2/c11-10(12)9(7-1-3-13-5-7)8-2-4-14-6-8/h1-6H. The van der Waals surface area contributed by atoms with E-state index in [2.05, 4.69) is 0 Å². The number of thiophene rings is 2. The van der Waals surface area contributed by atoms with Crippen LogP contribution in [-0.4, -0.2) is 0 Å². The summed E-state index contributed by atoms with van der Waals surface area (Å²) in [6.45, 7) is 0. The van der Waals surface area contributed by atoms with Gasteiger partial charge in [-0.15, -0.1) is 0 Å². The second-order valence-electron chi connectivity index (χ2n) is 2.66. The molecule has 14 heavy (non-hydrogen) atoms. The van der Waals surface area contributed by atoms with Crippen LogP contribution in [0.4, 0.5) is 0 Å². The molecule has 4 heteroatoms. The van der Waals surface area contributed by atoms with Crippen LogP contribution in [-0.2, 0) is 0 Å². The normalized spacial score (nSPS) is 10.1. The van der Waals surface area contributed by atoms with Gasteiger partial charge < -0.3 is 0 Å². The quantitative estimate of drug-likeness (QED) is 0.713. The molecule has 0 aliphatic rings. The van der Waals surface area contributed by atoms with E-state index in [4.69, 9.17) is 23.2 Å². The Morgan fingerprint density at radius 2 is 1.43 bits per heavy atom. The van der Waals surface area contributed by atoms with Crippen molar-refractivity contribution < 1.29 is 0 Å². The molecule has 0 aromatic carbocycles. The molecule has 0 atom stereocenters. The molecule has 0 saturated carbocycles. The molecule has 72 valence electrons. The number of rotatable bonds is 2. The van der Waals surface area contributed by atoms with Gasteiger partial charge in [0.2, 0.25) is 0 Å². The third kappa shape index (κ3) is 2.04. The Labute approximate surface area is 100 Å². The van der Waals surface area contributed by atoms with Crippen molar-refractivity contribution in [2.45, 2.75) is 0 Å². The Bertz CT molecular complexity index is 386. The van der Waals surface area contributed by atoms with E-state index < -0.39 is 0 Å². The summed E-state index contributed by atoms with van der Waals surface area (Å²) < 4.78 is 0.321. The average molecular weight is 261 g/mol. The third-order valence-corrected chi connectivity index (χ3v) is 3.55. The molecular formula is C10H6Cl2S2. The summed E-state index contributed by atoms with van der Waals surface area (Å²) in [6, 6.07) is 4.03. The fourth-order valence-electron chi connectivity index (χ4n) is 1.20. The van der Waals surface area contributed by atoms with E-state index in [1.807, 2.05) is 33.7 Å². The molecule has 2 aromatic rings. The van der Waals surface area contributed by atoms with Crippen LogP contribution in [0, 0.1) is 0 Å². The molecule has 0 nitrogen and oxygen atoms in total. The molecule has 2 aromatic heterocycles. The fraction of sp³-hybridized carbons (Fsp3) is 0. The van der Waals surface area contributed by atoms with Crippen molar-refractivity contribution in [3.8, 4) is 0 Å². The zero-order chi connectivity index (χ0) is 9.97. The maximum absolute atomic E-state index is 5.88. The van der Waals surface area contributed by atoms with Crippen molar-refractivity contribution >= 4 is 51.4 Å². The zero-order valence-corrected chi connectivity index (χ0v) is 10.2. The lowest BCUT2D eigenvalue weighted by Crippen LogP contribution is -1.82. The zero-order valence-electron chi connectivity index (χ0n) is 7.04. The molecule has 0 unspecified atom stereocenters. The lowest BCUT2D eigenvalue weighted by molar-refractivity contribution is 1.69. The van der Waals surface area contributed by atoms with E-state index in [9.17, 15) is 0 Å². The number of hydrogen-bond acceptors (Lipinski definition) is 2. The Balaban J connectivity index is 2.52. The van der Waals surface area contributed by atoms with Gasteiger partial charge in [0.15, 0.2) is 0 Å². The van der Waals surface area contributed by atoms with Gasteiger partial charge in [0, 0.05) is 5.57 Å². The highest BCUT2D eigenvalue weighted by atomic mass is 35.5. The second kappa shape index (κ2) is 4.49. The Kier molecular flexibility index (Phi) is 3.29. The van der Waals surface area contributed by atoms with E-state index in [0.717, 1.165) is 16.7 Å². The van der Waals surface area contributed by atoms with Gasteiger partial charge in [0.25, 0.3) is 0 Å². The molecule has 0 radical (unpaired) electrons. The molecule has 2 heterocycles. The van der Waals surface area contributed by atoms with Crippen molar-refractivity contribution in [3.63, 3.8) is 0 Å². The van der Waals surface area contributed by atoms with Crippen molar-refractivity contribution in [2.75, 3.05) is 0 Å². The number of hydrogen-bond donors (Lipinski definition) is 0. The van der Waals surface area contributed by atoms with Gasteiger partial charge >= 0.3 is 0 Å². The van der Waals surface area contributed by atoms with Gasteiger partial charge in [0.1, 0.15) is 4.49 Å². The van der Waals surface area contributed by atoms with E-state index in [1.165, 1.54) is 0 Å². The van der Waals surface area contributed by atoms with E-state index in [-0.39, 0.29) is 0 Å². The van der Waals surface area contributed by atoms with Crippen LogP contribution in [0.3, 0.4) is 0 Å². The summed E-state index contributed by atoms with van der Waals surface area (Å²) in [7, 11) is 0. The lowest BCUT2D eigenvalue weighted by Gasteiger charge is -2.02. The van der Waals surface area contributed by atoms with E-state index >= 15 is 0 Å². The van der Waals surface area contributed by atoms with Gasteiger partial charge in [-0.2, -0.15) is 22.7 Å². The number of halogens is 2. The topological polar surface area (TPSA) is 0 Å². The Morgan fingerprint density at radius 1 is 0.929 bits per heavy atom. The summed E-state index contributed by atoms with van der Waals surface area (Å²) in [5.74, 6) is 0. The average Bonchev–Trinajstić information content (AvgIpc) is 2.75. The molecule has 0 spiro atoms. The van der Waals surface area contributed by atoms with Gasteiger partial charge in [-0.3, -0.25) is 0 Å². The van der Waals surface area contributed by atoms with Crippen LogP contribution < -0.4 is 0 Å². The van der Waals surface area contributed by atoms with Crippen molar-refractivity contribution in [1.82, 2.24) is 0 Å². The van der Waals surface area contributed by atoms with Crippen molar-refractivity contribution in [1.29, 1.82) is 0 Å². The highest BCUT2D eigenvalue weighted by Gasteiger charge is 2.09. The van der Waals surface area contributed by atoms with Crippen LogP contribution in [0.15, 0.2) is 38.1 Å². The van der Waals surface area contributed by atoms with Crippen LogP contribution in [0.2, 0.25) is 0 Å². The Morgan fingerprint density at radius 3 is 1.71 bits per heavy atom. The molecule has 0 bridgehead atoms. The van der Waals surface area contributed by atoms with E-state index in [1.54, 1.807) is 22.7 Å². The summed E-state index contributed by atoms with van der Waals surface area (Å²) in [4.78, 5) is 0. The first kappa shape index (κ1) is 10.2. The highest BCUT2D eigenvalue weighted by molar-refractivity contribution is 7.08. The second-order valence-corrected chi connectivity index (χ2v) is 5.17. The summed E-state index contributed by atoms with van der Waals surface area (Å²) in [5.41, 5.74) is 3.07. The van der Waals surface area contributed by atoms with Crippen LogP contribution >= 0.6 is 45.9 Å². The van der Waals surface area contributed by atoms with Gasteiger partial charge in [-0.1, -0.05) is 23.2 Å². The molecule has 0 amide bonds. The minimum absolute atomic E-state index is 0.321. The molecule has 0 aliphatic carbocycles. The molecular weight excluding hydrogens is 255 g/mol. The van der Waals surface area contributed by atoms with Crippen LogP contribution in [0.5, 0.6) is 0 Å². The maximum atomic E-state index is 5.88. The van der Waals surface area contributed by atoms with Gasteiger partial charge in [0.05, 0.1) is 0 Å². The smallest absolute Gasteiger partial charge is 0.115 e. The molecule has 0 fully saturated rings. The molecule has 0 saturated heterocycles. The minimum atomic E-state index is 0.321. The maximum Gasteiger partial charge on any atom is 0.115 e. The first-order chi connectivity index (χ1) is 6.79. The predicted octanol–water partition coefficient (Wildman–Crippen LogP) is 5.00. The van der Waals surface area contributed by atoms with Gasteiger partial charge in [-0.05, 0) is 44.8 Å². The first-order valence-electron chi connectivity index (χ1n) is 3.89. The molecule has 2 rings (SSSR count). The molecule has 0 aliphatic heterocycles. The first-order valence-corrected chi connectivity index (χ1v) is 6.53. The van der Waals surface area contributed by atoms with Gasteiger partial charge in [-0.25, -0.2) is 0 Å². The SMILES string of the molecule is ClC(Cl)=C(c1ccsc1)c1ccsc1. The summed E-state index contributed by atoms with van der Waals surface area (Å²) >= 11 is 15.0. The van der Waals surface area contributed by atoms with Crippen LogP contribution in [0.1, 0.15) is 11.1 Å². The summed E-state index contributed by atoms with van der Waals surface area (Å²) in [5, 5.41) is 8.10. The fourth-order valence-corrected chi connectivity index (χ4v) is 2.93. The molecule has 0 N–H and O–H groups in total. The van der Waals surface area contributed by atoms with Crippen molar-refractivity contribution in [3.05, 3.63) is 49.3 Å².